The fourth-order valence-corrected chi connectivity index (χ4v) is 3.46. The molecular weight excluding hydrogens is 402 g/mol. The van der Waals surface area contributed by atoms with Crippen molar-refractivity contribution in [3.05, 3.63) is 41.8 Å². The van der Waals surface area contributed by atoms with Gasteiger partial charge in [-0.2, -0.15) is 0 Å². The first kappa shape index (κ1) is 20.0. The monoisotopic (exact) mass is 421 g/mol. The lowest BCUT2D eigenvalue weighted by molar-refractivity contribution is -0.277. The Morgan fingerprint density at radius 2 is 1.90 bits per heavy atom. The molecule has 3 aromatic rings. The van der Waals surface area contributed by atoms with Gasteiger partial charge in [-0.3, -0.25) is 0 Å². The van der Waals surface area contributed by atoms with Gasteiger partial charge in [-0.15, -0.1) is 0 Å². The standard InChI is InChI=1S/C19H20ClN3O6/c1-23-8-22-12-5-10(6-21-18(12)23)9-2-3-13(11(20)4-9)28-19-17(27)16(26)15(25)14(7-24)29-19/h2-6,8,14-17,19,24-27H,7H2,1H3/t14?,15-,16?,17?,19+/m1/s1. The van der Waals surface area contributed by atoms with Crippen molar-refractivity contribution in [2.24, 2.45) is 7.05 Å². The molecule has 0 aliphatic carbocycles. The van der Waals surface area contributed by atoms with Gasteiger partial charge in [0.15, 0.2) is 5.65 Å². The van der Waals surface area contributed by atoms with Crippen molar-refractivity contribution >= 4 is 22.8 Å². The zero-order valence-electron chi connectivity index (χ0n) is 15.4. The first-order chi connectivity index (χ1) is 13.9. The summed E-state index contributed by atoms with van der Waals surface area (Å²) in [7, 11) is 1.87. The highest BCUT2D eigenvalue weighted by Crippen LogP contribution is 2.33. The molecule has 2 aromatic heterocycles. The lowest BCUT2D eigenvalue weighted by Crippen LogP contribution is -2.60. The largest absolute Gasteiger partial charge is 0.460 e. The highest BCUT2D eigenvalue weighted by Gasteiger charge is 2.44. The third-order valence-corrected chi connectivity index (χ3v) is 5.20. The summed E-state index contributed by atoms with van der Waals surface area (Å²) in [6, 6.07) is 6.93. The zero-order valence-corrected chi connectivity index (χ0v) is 16.1. The number of ether oxygens (including phenoxy) is 2. The second-order valence-corrected chi connectivity index (χ2v) is 7.29. The summed E-state index contributed by atoms with van der Waals surface area (Å²) in [5.74, 6) is 0.214. The summed E-state index contributed by atoms with van der Waals surface area (Å²) >= 11 is 6.34. The molecule has 9 nitrogen and oxygen atoms in total. The van der Waals surface area contributed by atoms with Crippen molar-refractivity contribution in [1.29, 1.82) is 0 Å². The molecule has 0 radical (unpaired) electrons. The molecule has 1 aliphatic heterocycles. The van der Waals surface area contributed by atoms with Crippen molar-refractivity contribution in [2.75, 3.05) is 6.61 Å². The third kappa shape index (κ3) is 3.68. The Kier molecular flexibility index (Phi) is 5.43. The summed E-state index contributed by atoms with van der Waals surface area (Å²) in [6.07, 6.45) is -3.46. The van der Waals surface area contributed by atoms with E-state index in [0.29, 0.717) is 0 Å². The van der Waals surface area contributed by atoms with Gasteiger partial charge < -0.3 is 34.5 Å². The number of aromatic nitrogens is 3. The minimum atomic E-state index is -1.53. The van der Waals surface area contributed by atoms with Gasteiger partial charge in [-0.1, -0.05) is 17.7 Å². The van der Waals surface area contributed by atoms with E-state index >= 15 is 0 Å². The van der Waals surface area contributed by atoms with Gasteiger partial charge in [0.1, 0.15) is 35.7 Å². The summed E-state index contributed by atoms with van der Waals surface area (Å²) < 4.78 is 12.8. The van der Waals surface area contributed by atoms with Crippen LogP contribution in [0.1, 0.15) is 0 Å². The number of pyridine rings is 1. The molecule has 3 unspecified atom stereocenters. The first-order valence-electron chi connectivity index (χ1n) is 8.93. The molecule has 3 heterocycles. The number of nitrogens with zero attached hydrogens (tertiary/aromatic N) is 3. The summed E-state index contributed by atoms with van der Waals surface area (Å²) in [6.45, 7) is -0.541. The van der Waals surface area contributed by atoms with E-state index in [0.717, 1.165) is 22.3 Å². The Balaban J connectivity index is 1.56. The molecule has 0 spiro atoms. The highest BCUT2D eigenvalue weighted by molar-refractivity contribution is 6.32. The van der Waals surface area contributed by atoms with Crippen molar-refractivity contribution in [2.45, 2.75) is 30.7 Å². The number of aliphatic hydroxyl groups is 4. The smallest absolute Gasteiger partial charge is 0.229 e. The molecule has 0 saturated carbocycles. The van der Waals surface area contributed by atoms with Gasteiger partial charge in [0, 0.05) is 18.8 Å². The lowest BCUT2D eigenvalue weighted by atomic mass is 9.99. The molecule has 5 atom stereocenters. The van der Waals surface area contributed by atoms with Crippen LogP contribution in [0, 0.1) is 0 Å². The minimum absolute atomic E-state index is 0.214. The Morgan fingerprint density at radius 3 is 2.62 bits per heavy atom. The highest BCUT2D eigenvalue weighted by atomic mass is 35.5. The van der Waals surface area contributed by atoms with Gasteiger partial charge >= 0.3 is 0 Å². The van der Waals surface area contributed by atoms with Crippen LogP contribution in [-0.2, 0) is 11.8 Å². The Hall–Kier alpha value is -2.27. The van der Waals surface area contributed by atoms with Crippen LogP contribution in [-0.4, -0.2) is 72.3 Å². The Labute approximate surface area is 170 Å². The molecule has 0 bridgehead atoms. The van der Waals surface area contributed by atoms with Crippen molar-refractivity contribution in [3.8, 4) is 16.9 Å². The normalized spacial score (nSPS) is 27.3. The number of aryl methyl sites for hydroxylation is 1. The molecule has 154 valence electrons. The Morgan fingerprint density at radius 1 is 1.10 bits per heavy atom. The SMILES string of the molecule is Cn1cnc2cc(-c3ccc(O[C@H]4OC(CO)[C@@H](O)C(O)C4O)c(Cl)c3)cnc21. The van der Waals surface area contributed by atoms with E-state index in [1.165, 1.54) is 0 Å². The number of hydrogen-bond acceptors (Lipinski definition) is 8. The van der Waals surface area contributed by atoms with Gasteiger partial charge in [0.05, 0.1) is 18.0 Å². The van der Waals surface area contributed by atoms with E-state index in [1.54, 1.807) is 30.7 Å². The third-order valence-electron chi connectivity index (χ3n) is 4.91. The van der Waals surface area contributed by atoms with Crippen molar-refractivity contribution < 1.29 is 29.9 Å². The zero-order chi connectivity index (χ0) is 20.7. The maximum Gasteiger partial charge on any atom is 0.229 e. The first-order valence-corrected chi connectivity index (χ1v) is 9.31. The van der Waals surface area contributed by atoms with E-state index in [1.807, 2.05) is 17.7 Å². The quantitative estimate of drug-likeness (QED) is 0.478. The molecule has 0 amide bonds. The van der Waals surface area contributed by atoms with Gasteiger partial charge in [0.25, 0.3) is 0 Å². The van der Waals surface area contributed by atoms with Gasteiger partial charge in [-0.25, -0.2) is 9.97 Å². The second-order valence-electron chi connectivity index (χ2n) is 6.88. The number of aliphatic hydroxyl groups excluding tert-OH is 4. The van der Waals surface area contributed by atoms with Crippen molar-refractivity contribution in [3.63, 3.8) is 0 Å². The molecule has 4 rings (SSSR count). The molecular formula is C19H20ClN3O6. The molecule has 29 heavy (non-hydrogen) atoms. The number of rotatable bonds is 4. The van der Waals surface area contributed by atoms with Crippen LogP contribution in [0.4, 0.5) is 0 Å². The van der Waals surface area contributed by atoms with E-state index in [2.05, 4.69) is 9.97 Å². The van der Waals surface area contributed by atoms with Crippen LogP contribution in [0.5, 0.6) is 5.75 Å². The lowest BCUT2D eigenvalue weighted by Gasteiger charge is -2.39. The number of halogens is 1. The molecule has 10 heteroatoms. The molecule has 1 fully saturated rings. The van der Waals surface area contributed by atoms with Crippen LogP contribution in [0.25, 0.3) is 22.3 Å². The van der Waals surface area contributed by atoms with E-state index in [4.69, 9.17) is 21.1 Å². The van der Waals surface area contributed by atoms with E-state index in [-0.39, 0.29) is 10.8 Å². The summed E-state index contributed by atoms with van der Waals surface area (Å²) in [4.78, 5) is 8.70. The second kappa shape index (κ2) is 7.86. The van der Waals surface area contributed by atoms with Gasteiger partial charge in [-0.05, 0) is 23.8 Å². The van der Waals surface area contributed by atoms with Crippen LogP contribution in [0.15, 0.2) is 36.8 Å². The fraction of sp³-hybridized carbons (Fsp3) is 0.368. The van der Waals surface area contributed by atoms with E-state index in [9.17, 15) is 20.4 Å². The predicted octanol–water partition coefficient (Wildman–Crippen LogP) is 0.467. The van der Waals surface area contributed by atoms with Crippen LogP contribution in [0.3, 0.4) is 0 Å². The average Bonchev–Trinajstić information content (AvgIpc) is 3.10. The molecule has 1 saturated heterocycles. The van der Waals surface area contributed by atoms with Crippen LogP contribution < -0.4 is 4.74 Å². The minimum Gasteiger partial charge on any atom is -0.460 e. The number of fused-ring (bicyclic) bond motifs is 1. The molecule has 1 aromatic carbocycles. The number of hydrogen-bond donors (Lipinski definition) is 4. The summed E-state index contributed by atoms with van der Waals surface area (Å²) in [5, 5.41) is 39.4. The topological polar surface area (TPSA) is 130 Å². The molecule has 1 aliphatic rings. The fourth-order valence-electron chi connectivity index (χ4n) is 3.24. The number of imidazole rings is 1. The Bertz CT molecular complexity index is 1030. The van der Waals surface area contributed by atoms with Gasteiger partial charge in [0.2, 0.25) is 6.29 Å². The van der Waals surface area contributed by atoms with Crippen molar-refractivity contribution in [1.82, 2.24) is 14.5 Å². The maximum atomic E-state index is 10.1. The summed E-state index contributed by atoms with van der Waals surface area (Å²) in [5.41, 5.74) is 3.12. The van der Waals surface area contributed by atoms with Crippen LogP contribution >= 0.6 is 11.6 Å². The predicted molar refractivity (Wildman–Crippen MR) is 103 cm³/mol. The maximum absolute atomic E-state index is 10.1. The number of benzene rings is 1. The molecule has 4 N–H and O–H groups in total. The average molecular weight is 422 g/mol. The van der Waals surface area contributed by atoms with Crippen LogP contribution in [0.2, 0.25) is 5.02 Å². The van der Waals surface area contributed by atoms with E-state index < -0.39 is 37.3 Å².